The van der Waals surface area contributed by atoms with Crippen LogP contribution in [0.1, 0.15) is 30.5 Å². The lowest BCUT2D eigenvalue weighted by Gasteiger charge is -2.32. The second-order valence-electron chi connectivity index (χ2n) is 6.95. The number of aryl methyl sites for hydroxylation is 2. The molecule has 1 N–H and O–H groups in total. The summed E-state index contributed by atoms with van der Waals surface area (Å²) in [6.07, 6.45) is -0.490. The van der Waals surface area contributed by atoms with Gasteiger partial charge in [0.1, 0.15) is 5.82 Å². The topological polar surface area (TPSA) is 58.1 Å². The second kappa shape index (κ2) is 7.93. The fourth-order valence-electron chi connectivity index (χ4n) is 3.49. The van der Waals surface area contributed by atoms with Crippen LogP contribution < -0.4 is 10.2 Å². The number of piperidine rings is 1. The molecule has 1 amide bonds. The number of aromatic nitrogens is 2. The minimum absolute atomic E-state index is 0.229. The van der Waals surface area contributed by atoms with Gasteiger partial charge in [0.15, 0.2) is 5.65 Å². The average molecular weight is 362 g/mol. The minimum Gasteiger partial charge on any atom is -0.357 e. The Hall–Kier alpha value is -2.31. The molecule has 1 fully saturated rings. The maximum absolute atomic E-state index is 12.1. The van der Waals surface area contributed by atoms with Gasteiger partial charge in [0.2, 0.25) is 5.91 Å². The van der Waals surface area contributed by atoms with E-state index in [1.807, 2.05) is 19.1 Å². The molecule has 5 nitrogen and oxygen atoms in total. The molecule has 0 bridgehead atoms. The number of anilines is 1. The van der Waals surface area contributed by atoms with E-state index in [9.17, 15) is 13.6 Å². The van der Waals surface area contributed by atoms with Crippen molar-refractivity contribution in [2.45, 2.75) is 39.5 Å². The highest BCUT2D eigenvalue weighted by atomic mass is 19.3. The number of nitrogens with one attached hydrogen (secondary N) is 1. The molecule has 0 atom stereocenters. The number of alkyl halides is 2. The first-order chi connectivity index (χ1) is 12.4. The van der Waals surface area contributed by atoms with Gasteiger partial charge in [-0.1, -0.05) is 0 Å². The molecular weight excluding hydrogens is 338 g/mol. The lowest BCUT2D eigenvalue weighted by atomic mass is 9.93. The summed E-state index contributed by atoms with van der Waals surface area (Å²) >= 11 is 0. The number of hydrogen-bond acceptors (Lipinski definition) is 4. The van der Waals surface area contributed by atoms with Gasteiger partial charge in [-0.25, -0.2) is 18.7 Å². The van der Waals surface area contributed by atoms with Crippen molar-refractivity contribution in [2.75, 3.05) is 24.5 Å². The number of halogens is 2. The van der Waals surface area contributed by atoms with Crippen molar-refractivity contribution >= 4 is 22.8 Å². The molecule has 3 rings (SSSR count). The fourth-order valence-corrected chi connectivity index (χ4v) is 3.49. The molecule has 0 aromatic carbocycles. The molecule has 3 heterocycles. The Bertz CT molecular complexity index is 788. The predicted molar refractivity (Wildman–Crippen MR) is 97.6 cm³/mol. The average Bonchev–Trinajstić information content (AvgIpc) is 2.60. The third kappa shape index (κ3) is 4.45. The van der Waals surface area contributed by atoms with Gasteiger partial charge in [-0.05, 0) is 56.4 Å². The van der Waals surface area contributed by atoms with Gasteiger partial charge in [-0.3, -0.25) is 4.79 Å². The molecule has 2 aromatic rings. The molecule has 0 radical (unpaired) electrons. The monoisotopic (exact) mass is 362 g/mol. The van der Waals surface area contributed by atoms with E-state index < -0.39 is 13.0 Å². The predicted octanol–water partition coefficient (Wildman–Crippen LogP) is 3.23. The lowest BCUT2D eigenvalue weighted by Crippen LogP contribution is -2.37. The maximum atomic E-state index is 12.1. The van der Waals surface area contributed by atoms with Gasteiger partial charge in [-0.2, -0.15) is 0 Å². The van der Waals surface area contributed by atoms with Gasteiger partial charge in [0.05, 0.1) is 6.54 Å². The van der Waals surface area contributed by atoms with Crippen molar-refractivity contribution in [3.63, 3.8) is 0 Å². The SMILES string of the molecule is Cc1cc(C)c2ccc(N3CCC(CC(=O)NCC(F)F)CC3)nc2n1. The standard InChI is InChI=1S/C19H24F2N4O/c1-12-9-13(2)23-19-15(12)3-4-17(24-19)25-7-5-14(6-8-25)10-18(26)22-11-16(20)21/h3-4,9,14,16H,5-8,10-11H2,1-2H3,(H,22,26). The van der Waals surface area contributed by atoms with Crippen molar-refractivity contribution in [2.24, 2.45) is 5.92 Å². The number of rotatable bonds is 5. The Morgan fingerprint density at radius 1 is 1.27 bits per heavy atom. The number of hydrogen-bond donors (Lipinski definition) is 1. The Morgan fingerprint density at radius 2 is 2.00 bits per heavy atom. The fraction of sp³-hybridized carbons (Fsp3) is 0.526. The van der Waals surface area contributed by atoms with E-state index in [0.29, 0.717) is 6.42 Å². The summed E-state index contributed by atoms with van der Waals surface area (Å²) in [5.41, 5.74) is 2.88. The zero-order chi connectivity index (χ0) is 18.7. The van der Waals surface area contributed by atoms with Crippen molar-refractivity contribution in [1.82, 2.24) is 15.3 Å². The molecular formula is C19H24F2N4O. The highest BCUT2D eigenvalue weighted by Crippen LogP contribution is 2.26. The highest BCUT2D eigenvalue weighted by Gasteiger charge is 2.23. The lowest BCUT2D eigenvalue weighted by molar-refractivity contribution is -0.122. The summed E-state index contributed by atoms with van der Waals surface area (Å²) in [7, 11) is 0. The second-order valence-corrected chi connectivity index (χ2v) is 6.95. The van der Waals surface area contributed by atoms with Crippen molar-refractivity contribution in [3.8, 4) is 0 Å². The molecule has 1 aliphatic rings. The van der Waals surface area contributed by atoms with Crippen LogP contribution in [0.15, 0.2) is 18.2 Å². The molecule has 0 spiro atoms. The summed E-state index contributed by atoms with van der Waals surface area (Å²) in [4.78, 5) is 23.1. The van der Waals surface area contributed by atoms with Crippen LogP contribution in [0.5, 0.6) is 0 Å². The van der Waals surface area contributed by atoms with Gasteiger partial charge in [0, 0.05) is 30.6 Å². The van der Waals surface area contributed by atoms with Crippen molar-refractivity contribution < 1.29 is 13.6 Å². The van der Waals surface area contributed by atoms with E-state index in [-0.39, 0.29) is 11.8 Å². The van der Waals surface area contributed by atoms with Crippen LogP contribution >= 0.6 is 0 Å². The molecule has 0 aliphatic carbocycles. The molecule has 140 valence electrons. The van der Waals surface area contributed by atoms with E-state index >= 15 is 0 Å². The van der Waals surface area contributed by atoms with Crippen LogP contribution in [0.3, 0.4) is 0 Å². The first-order valence-electron chi connectivity index (χ1n) is 8.97. The Morgan fingerprint density at radius 3 is 2.69 bits per heavy atom. The van der Waals surface area contributed by atoms with Crippen LogP contribution in [0, 0.1) is 19.8 Å². The Kier molecular flexibility index (Phi) is 5.64. The molecule has 26 heavy (non-hydrogen) atoms. The molecule has 1 saturated heterocycles. The van der Waals surface area contributed by atoms with E-state index in [4.69, 9.17) is 4.98 Å². The number of carbonyl (C=O) groups is 1. The third-order valence-corrected chi connectivity index (χ3v) is 4.86. The highest BCUT2D eigenvalue weighted by molar-refractivity contribution is 5.80. The Balaban J connectivity index is 1.59. The maximum Gasteiger partial charge on any atom is 0.255 e. The van der Waals surface area contributed by atoms with Crippen LogP contribution in [0.2, 0.25) is 0 Å². The van der Waals surface area contributed by atoms with Crippen LogP contribution in [0.25, 0.3) is 11.0 Å². The first kappa shape index (κ1) is 18.5. The molecule has 1 aliphatic heterocycles. The van der Waals surface area contributed by atoms with Gasteiger partial charge in [0.25, 0.3) is 6.43 Å². The molecule has 2 aromatic heterocycles. The summed E-state index contributed by atoms with van der Waals surface area (Å²) in [5, 5.41) is 3.34. The van der Waals surface area contributed by atoms with Gasteiger partial charge in [-0.15, -0.1) is 0 Å². The third-order valence-electron chi connectivity index (χ3n) is 4.86. The minimum atomic E-state index is -2.50. The van der Waals surface area contributed by atoms with Gasteiger partial charge < -0.3 is 10.2 Å². The number of amides is 1. The van der Waals surface area contributed by atoms with Crippen molar-refractivity contribution in [1.29, 1.82) is 0 Å². The quantitative estimate of drug-likeness (QED) is 0.887. The zero-order valence-electron chi connectivity index (χ0n) is 15.1. The Labute approximate surface area is 151 Å². The van der Waals surface area contributed by atoms with Crippen LogP contribution in [-0.4, -0.2) is 41.9 Å². The number of fused-ring (bicyclic) bond motifs is 1. The smallest absolute Gasteiger partial charge is 0.255 e. The molecule has 0 saturated carbocycles. The first-order valence-corrected chi connectivity index (χ1v) is 8.97. The zero-order valence-corrected chi connectivity index (χ0v) is 15.1. The number of nitrogens with zero attached hydrogens (tertiary/aromatic N) is 3. The van der Waals surface area contributed by atoms with E-state index in [2.05, 4.69) is 28.2 Å². The largest absolute Gasteiger partial charge is 0.357 e. The van der Waals surface area contributed by atoms with Gasteiger partial charge >= 0.3 is 0 Å². The summed E-state index contributed by atoms with van der Waals surface area (Å²) in [6.45, 7) is 5.06. The van der Waals surface area contributed by atoms with Crippen LogP contribution in [-0.2, 0) is 4.79 Å². The summed E-state index contributed by atoms with van der Waals surface area (Å²) < 4.78 is 24.3. The molecule has 0 unspecified atom stereocenters. The number of pyridine rings is 2. The van der Waals surface area contributed by atoms with E-state index in [1.165, 1.54) is 5.56 Å². The van der Waals surface area contributed by atoms with E-state index in [1.54, 1.807) is 0 Å². The van der Waals surface area contributed by atoms with E-state index in [0.717, 1.165) is 48.5 Å². The summed E-state index contributed by atoms with van der Waals surface area (Å²) in [6, 6.07) is 6.12. The number of carbonyl (C=O) groups excluding carboxylic acids is 1. The molecule has 7 heteroatoms. The van der Waals surface area contributed by atoms with Crippen LogP contribution in [0.4, 0.5) is 14.6 Å². The normalized spacial score (nSPS) is 15.7. The summed E-state index contributed by atoms with van der Waals surface area (Å²) in [5.74, 6) is 0.838. The van der Waals surface area contributed by atoms with Crippen molar-refractivity contribution in [3.05, 3.63) is 29.5 Å².